The van der Waals surface area contributed by atoms with Gasteiger partial charge in [0.2, 0.25) is 0 Å². The van der Waals surface area contributed by atoms with E-state index in [2.05, 4.69) is 11.6 Å². The summed E-state index contributed by atoms with van der Waals surface area (Å²) in [5, 5.41) is 14.5. The highest BCUT2D eigenvalue weighted by molar-refractivity contribution is 8.00. The summed E-state index contributed by atoms with van der Waals surface area (Å²) in [7, 11) is 0. The molecular weight excluding hydrogens is 284 g/mol. The lowest BCUT2D eigenvalue weighted by Crippen LogP contribution is -2.43. The van der Waals surface area contributed by atoms with Crippen LogP contribution < -0.4 is 5.32 Å². The third-order valence-corrected chi connectivity index (χ3v) is 5.48. The van der Waals surface area contributed by atoms with Crippen molar-refractivity contribution in [1.82, 2.24) is 5.32 Å². The molecule has 1 fully saturated rings. The summed E-state index contributed by atoms with van der Waals surface area (Å²) in [6.07, 6.45) is 5.98. The first kappa shape index (κ1) is 14.6. The van der Waals surface area contributed by atoms with E-state index in [1.54, 1.807) is 6.07 Å². The molecule has 0 spiro atoms. The van der Waals surface area contributed by atoms with Gasteiger partial charge in [0.25, 0.3) is 5.69 Å². The predicted molar refractivity (Wildman–Crippen MR) is 79.9 cm³/mol. The lowest BCUT2D eigenvalue weighted by molar-refractivity contribution is -0.384. The molecule has 6 heteroatoms. The van der Waals surface area contributed by atoms with Crippen molar-refractivity contribution in [3.8, 4) is 0 Å². The molecule has 1 aliphatic carbocycles. The number of non-ortho nitro benzene ring substituents is 1. The zero-order valence-electron chi connectivity index (χ0n) is 10.8. The first-order valence-corrected chi connectivity index (χ1v) is 7.85. The number of nitrogens with one attached hydrogen (secondary N) is 1. The lowest BCUT2D eigenvalue weighted by Gasteiger charge is -2.40. The Hall–Kier alpha value is -0.780. The molecule has 1 N–H and O–H groups in total. The van der Waals surface area contributed by atoms with Gasteiger partial charge in [-0.3, -0.25) is 10.1 Å². The maximum Gasteiger partial charge on any atom is 0.270 e. The summed E-state index contributed by atoms with van der Waals surface area (Å²) in [4.78, 5) is 10.2. The van der Waals surface area contributed by atoms with Crippen molar-refractivity contribution in [3.05, 3.63) is 38.9 Å². The standard InChI is InChI=1S/C13H17ClN2O2S/c1-19-13(5-2-6-13)9-15-8-10-3-4-11(16(17)18)7-12(10)14/h3-4,7,15H,2,5-6,8-9H2,1H3. The van der Waals surface area contributed by atoms with E-state index in [0.29, 0.717) is 16.3 Å². The summed E-state index contributed by atoms with van der Waals surface area (Å²) in [5.41, 5.74) is 0.941. The van der Waals surface area contributed by atoms with Crippen molar-refractivity contribution in [1.29, 1.82) is 0 Å². The smallest absolute Gasteiger partial charge is 0.270 e. The summed E-state index contributed by atoms with van der Waals surface area (Å²) in [6.45, 7) is 1.61. The highest BCUT2D eigenvalue weighted by Crippen LogP contribution is 2.42. The van der Waals surface area contributed by atoms with Gasteiger partial charge in [0.15, 0.2) is 0 Å². The fraction of sp³-hybridized carbons (Fsp3) is 0.538. The Labute approximate surface area is 122 Å². The number of thioether (sulfide) groups is 1. The molecule has 0 bridgehead atoms. The van der Waals surface area contributed by atoms with Gasteiger partial charge >= 0.3 is 0 Å². The van der Waals surface area contributed by atoms with Crippen molar-refractivity contribution < 1.29 is 4.92 Å². The molecule has 0 radical (unpaired) electrons. The number of benzene rings is 1. The Bertz CT molecular complexity index is 472. The highest BCUT2D eigenvalue weighted by Gasteiger charge is 2.35. The van der Waals surface area contributed by atoms with Crippen LogP contribution in [0.25, 0.3) is 0 Å². The van der Waals surface area contributed by atoms with Gasteiger partial charge in [-0.15, -0.1) is 0 Å². The van der Waals surface area contributed by atoms with E-state index in [-0.39, 0.29) is 5.69 Å². The number of nitro groups is 1. The van der Waals surface area contributed by atoms with Gasteiger partial charge in [-0.05, 0) is 30.7 Å². The molecule has 0 aliphatic heterocycles. The minimum absolute atomic E-state index is 0.0355. The van der Waals surface area contributed by atoms with Crippen LogP contribution in [0.1, 0.15) is 24.8 Å². The van der Waals surface area contributed by atoms with E-state index in [0.717, 1.165) is 12.1 Å². The lowest BCUT2D eigenvalue weighted by atomic mass is 9.84. The van der Waals surface area contributed by atoms with Gasteiger partial charge in [-0.2, -0.15) is 11.8 Å². The van der Waals surface area contributed by atoms with E-state index >= 15 is 0 Å². The minimum Gasteiger partial charge on any atom is -0.311 e. The molecule has 104 valence electrons. The Morgan fingerprint density at radius 2 is 2.26 bits per heavy atom. The number of rotatable bonds is 6. The van der Waals surface area contributed by atoms with E-state index in [1.165, 1.54) is 31.4 Å². The highest BCUT2D eigenvalue weighted by atomic mass is 35.5. The van der Waals surface area contributed by atoms with E-state index in [4.69, 9.17) is 11.6 Å². The second-order valence-corrected chi connectivity index (χ2v) is 6.56. The van der Waals surface area contributed by atoms with Crippen molar-refractivity contribution in [2.45, 2.75) is 30.6 Å². The molecule has 0 atom stereocenters. The normalized spacial score (nSPS) is 16.9. The largest absolute Gasteiger partial charge is 0.311 e. The van der Waals surface area contributed by atoms with Gasteiger partial charge < -0.3 is 5.32 Å². The molecule has 1 saturated carbocycles. The number of nitro benzene ring substituents is 1. The van der Waals surface area contributed by atoms with Crippen molar-refractivity contribution in [2.75, 3.05) is 12.8 Å². The van der Waals surface area contributed by atoms with E-state index < -0.39 is 4.92 Å². The molecule has 0 aromatic heterocycles. The van der Waals surface area contributed by atoms with Crippen LogP contribution in [-0.2, 0) is 6.54 Å². The zero-order valence-corrected chi connectivity index (χ0v) is 12.4. The van der Waals surface area contributed by atoms with Crippen molar-refractivity contribution in [3.63, 3.8) is 0 Å². The third-order valence-electron chi connectivity index (χ3n) is 3.71. The molecule has 0 saturated heterocycles. The van der Waals surface area contributed by atoms with Crippen LogP contribution >= 0.6 is 23.4 Å². The number of nitrogens with zero attached hydrogens (tertiary/aromatic N) is 1. The van der Waals surface area contributed by atoms with Crippen LogP contribution in [0.5, 0.6) is 0 Å². The van der Waals surface area contributed by atoms with Gasteiger partial charge in [0.1, 0.15) is 0 Å². The molecule has 1 aromatic carbocycles. The maximum atomic E-state index is 10.6. The van der Waals surface area contributed by atoms with Crippen LogP contribution in [0.2, 0.25) is 5.02 Å². The van der Waals surface area contributed by atoms with Crippen LogP contribution in [-0.4, -0.2) is 22.5 Å². The van der Waals surface area contributed by atoms with Crippen LogP contribution in [0.4, 0.5) is 5.69 Å². The quantitative estimate of drug-likeness (QED) is 0.644. The molecule has 1 aromatic rings. The molecular formula is C13H17ClN2O2S. The Kier molecular flexibility index (Phi) is 4.71. The molecule has 2 rings (SSSR count). The molecule has 0 amide bonds. The predicted octanol–water partition coefficient (Wildman–Crippen LogP) is 3.62. The topological polar surface area (TPSA) is 55.2 Å². The molecule has 1 aliphatic rings. The Balaban J connectivity index is 1.91. The summed E-state index contributed by atoms with van der Waals surface area (Å²) >= 11 is 7.98. The number of halogens is 1. The maximum absolute atomic E-state index is 10.6. The molecule has 0 heterocycles. The minimum atomic E-state index is -0.430. The fourth-order valence-corrected chi connectivity index (χ4v) is 3.43. The SMILES string of the molecule is CSC1(CNCc2ccc([N+](=O)[O-])cc2Cl)CCC1. The zero-order chi connectivity index (χ0) is 13.9. The molecule has 4 nitrogen and oxygen atoms in total. The van der Waals surface area contributed by atoms with Gasteiger partial charge in [-0.1, -0.05) is 18.0 Å². The summed E-state index contributed by atoms with van der Waals surface area (Å²) in [6, 6.07) is 4.63. The molecule has 19 heavy (non-hydrogen) atoms. The Morgan fingerprint density at radius 1 is 1.53 bits per heavy atom. The van der Waals surface area contributed by atoms with Gasteiger partial charge in [0, 0.05) is 30.0 Å². The van der Waals surface area contributed by atoms with E-state index in [1.807, 2.05) is 11.8 Å². The van der Waals surface area contributed by atoms with Crippen LogP contribution in [0, 0.1) is 10.1 Å². The van der Waals surface area contributed by atoms with Gasteiger partial charge in [-0.25, -0.2) is 0 Å². The van der Waals surface area contributed by atoms with Crippen LogP contribution in [0.15, 0.2) is 18.2 Å². The summed E-state index contributed by atoms with van der Waals surface area (Å²) < 4.78 is 0.382. The third kappa shape index (κ3) is 3.41. The van der Waals surface area contributed by atoms with Crippen molar-refractivity contribution >= 4 is 29.1 Å². The van der Waals surface area contributed by atoms with Crippen molar-refractivity contribution in [2.24, 2.45) is 0 Å². The monoisotopic (exact) mass is 300 g/mol. The second-order valence-electron chi connectivity index (χ2n) is 4.88. The second kappa shape index (κ2) is 6.11. The molecule has 0 unspecified atom stereocenters. The fourth-order valence-electron chi connectivity index (χ4n) is 2.24. The van der Waals surface area contributed by atoms with Gasteiger partial charge in [0.05, 0.1) is 9.95 Å². The Morgan fingerprint density at radius 3 is 2.74 bits per heavy atom. The summed E-state index contributed by atoms with van der Waals surface area (Å²) in [5.74, 6) is 0. The first-order valence-electron chi connectivity index (χ1n) is 6.25. The first-order chi connectivity index (χ1) is 9.06. The van der Waals surface area contributed by atoms with E-state index in [9.17, 15) is 10.1 Å². The number of hydrogen-bond donors (Lipinski definition) is 1. The average molecular weight is 301 g/mol. The number of hydrogen-bond acceptors (Lipinski definition) is 4. The average Bonchev–Trinajstić information content (AvgIpc) is 2.34. The van der Waals surface area contributed by atoms with Crippen LogP contribution in [0.3, 0.4) is 0 Å².